The molecule has 2 nitrogen and oxygen atoms in total. The van der Waals surface area contributed by atoms with Crippen LogP contribution < -0.4 is 0 Å². The van der Waals surface area contributed by atoms with Crippen LogP contribution in [0.4, 0.5) is 0 Å². The van der Waals surface area contributed by atoms with Crippen molar-refractivity contribution >= 4 is 5.97 Å². The fraction of sp³-hybridized carbons (Fsp3) is 0.375. The zero-order valence-corrected chi connectivity index (χ0v) is 5.55. The second-order valence-electron chi connectivity index (χ2n) is 1.63. The summed E-state index contributed by atoms with van der Waals surface area (Å²) in [5.41, 5.74) is 0. The van der Waals surface area contributed by atoms with Crippen LogP contribution in [0.2, 0.25) is 0 Å². The zero-order valence-electron chi connectivity index (χ0n) is 5.55. The predicted molar refractivity (Wildman–Crippen MR) is 38.1 cm³/mol. The molecular formula is C8H8O2. The summed E-state index contributed by atoms with van der Waals surface area (Å²) in [7, 11) is 0. The lowest BCUT2D eigenvalue weighted by atomic mass is 10.3. The Kier molecular flexibility index (Phi) is 4.91. The Bertz CT molecular complexity index is 200. The van der Waals surface area contributed by atoms with Gasteiger partial charge in [0.2, 0.25) is 0 Å². The molecule has 1 N–H and O–H groups in total. The Hall–Kier alpha value is -1.41. The highest BCUT2D eigenvalue weighted by atomic mass is 16.4. The van der Waals surface area contributed by atoms with Crippen molar-refractivity contribution in [1.82, 2.24) is 0 Å². The van der Waals surface area contributed by atoms with E-state index in [9.17, 15) is 4.79 Å². The molecule has 0 spiro atoms. The number of rotatable bonds is 2. The molecule has 0 fully saturated rings. The van der Waals surface area contributed by atoms with Crippen molar-refractivity contribution in [2.45, 2.75) is 19.3 Å². The van der Waals surface area contributed by atoms with E-state index >= 15 is 0 Å². The minimum atomic E-state index is -0.824. The molecule has 0 heterocycles. The third-order valence-electron chi connectivity index (χ3n) is 0.779. The van der Waals surface area contributed by atoms with Crippen LogP contribution in [0, 0.1) is 24.2 Å². The van der Waals surface area contributed by atoms with E-state index in [1.165, 1.54) is 0 Å². The number of carbonyl (C=O) groups is 1. The summed E-state index contributed by atoms with van der Waals surface area (Å²) in [5, 5.41) is 8.16. The fourth-order valence-corrected chi connectivity index (χ4v) is 0.371. The quantitative estimate of drug-likeness (QED) is 0.572. The molecule has 0 atom stereocenters. The van der Waals surface area contributed by atoms with Crippen molar-refractivity contribution in [2.24, 2.45) is 0 Å². The van der Waals surface area contributed by atoms with Gasteiger partial charge in [0.1, 0.15) is 0 Å². The van der Waals surface area contributed by atoms with E-state index in [2.05, 4.69) is 17.8 Å². The van der Waals surface area contributed by atoms with Gasteiger partial charge in [0.05, 0.1) is 12.8 Å². The molecule has 0 aliphatic rings. The van der Waals surface area contributed by atoms with E-state index in [4.69, 9.17) is 11.5 Å². The second-order valence-corrected chi connectivity index (χ2v) is 1.63. The van der Waals surface area contributed by atoms with E-state index in [1.807, 2.05) is 0 Å². The molecule has 0 rings (SSSR count). The van der Waals surface area contributed by atoms with Gasteiger partial charge in [-0.3, -0.25) is 4.79 Å². The van der Waals surface area contributed by atoms with E-state index < -0.39 is 5.97 Å². The summed E-state index contributed by atoms with van der Waals surface area (Å²) in [6.07, 6.45) is 5.78. The van der Waals surface area contributed by atoms with Gasteiger partial charge in [-0.1, -0.05) is 11.8 Å². The number of hydrogen-bond donors (Lipinski definition) is 1. The molecule has 0 aliphatic carbocycles. The summed E-state index contributed by atoms with van der Waals surface area (Å²) in [5.74, 6) is 6.80. The predicted octanol–water partition coefficient (Wildman–Crippen LogP) is 0.878. The molecule has 0 saturated carbocycles. The number of carboxylic acids is 1. The van der Waals surface area contributed by atoms with Gasteiger partial charge in [-0.05, 0) is 0 Å². The molecule has 0 radical (unpaired) electrons. The monoisotopic (exact) mass is 136 g/mol. The summed E-state index contributed by atoms with van der Waals surface area (Å²) < 4.78 is 0. The van der Waals surface area contributed by atoms with Gasteiger partial charge in [-0.25, -0.2) is 0 Å². The first-order valence-corrected chi connectivity index (χ1v) is 2.88. The summed E-state index contributed by atoms with van der Waals surface area (Å²) in [4.78, 5) is 9.92. The van der Waals surface area contributed by atoms with E-state index in [-0.39, 0.29) is 6.42 Å². The number of terminal acetylenes is 1. The summed E-state index contributed by atoms with van der Waals surface area (Å²) >= 11 is 0. The largest absolute Gasteiger partial charge is 0.481 e. The standard InChI is InChI=1S/C8H8O2/c1-2-3-4-5-6-7-8(9)10/h1H,3,6-7H2,(H,9,10). The van der Waals surface area contributed by atoms with Crippen molar-refractivity contribution in [1.29, 1.82) is 0 Å². The highest BCUT2D eigenvalue weighted by Crippen LogP contribution is 1.84. The van der Waals surface area contributed by atoms with Crippen LogP contribution >= 0.6 is 0 Å². The maximum atomic E-state index is 9.92. The lowest BCUT2D eigenvalue weighted by Gasteiger charge is -1.81. The van der Waals surface area contributed by atoms with Crippen molar-refractivity contribution in [3.63, 3.8) is 0 Å². The topological polar surface area (TPSA) is 37.3 Å². The molecule has 0 bridgehead atoms. The Morgan fingerprint density at radius 2 is 2.20 bits per heavy atom. The van der Waals surface area contributed by atoms with Crippen LogP contribution in [0.15, 0.2) is 0 Å². The van der Waals surface area contributed by atoms with Crippen LogP contribution in [0.25, 0.3) is 0 Å². The van der Waals surface area contributed by atoms with Gasteiger partial charge in [0.25, 0.3) is 0 Å². The van der Waals surface area contributed by atoms with Crippen LogP contribution in [0.3, 0.4) is 0 Å². The molecule has 0 amide bonds. The highest BCUT2D eigenvalue weighted by Gasteiger charge is 1.90. The Balaban J connectivity index is 3.31. The molecular weight excluding hydrogens is 128 g/mol. The first-order valence-electron chi connectivity index (χ1n) is 2.88. The molecule has 0 aromatic carbocycles. The molecule has 0 aromatic heterocycles. The second kappa shape index (κ2) is 5.72. The molecule has 0 saturated heterocycles. The van der Waals surface area contributed by atoms with Crippen LogP contribution in [0.1, 0.15) is 19.3 Å². The smallest absolute Gasteiger partial charge is 0.304 e. The first kappa shape index (κ1) is 8.59. The zero-order chi connectivity index (χ0) is 7.82. The Labute approximate surface area is 60.2 Å². The molecule has 0 aliphatic heterocycles. The van der Waals surface area contributed by atoms with Crippen LogP contribution in [0.5, 0.6) is 0 Å². The van der Waals surface area contributed by atoms with E-state index in [1.54, 1.807) is 0 Å². The molecule has 0 unspecified atom stereocenters. The normalized spacial score (nSPS) is 7.10. The van der Waals surface area contributed by atoms with Gasteiger partial charge in [0, 0.05) is 6.42 Å². The SMILES string of the molecule is C#CCC#CCCC(=O)O. The minimum Gasteiger partial charge on any atom is -0.481 e. The van der Waals surface area contributed by atoms with Crippen molar-refractivity contribution in [3.05, 3.63) is 0 Å². The molecule has 10 heavy (non-hydrogen) atoms. The van der Waals surface area contributed by atoms with Gasteiger partial charge in [0.15, 0.2) is 0 Å². The number of aliphatic carboxylic acids is 1. The van der Waals surface area contributed by atoms with Crippen LogP contribution in [-0.4, -0.2) is 11.1 Å². The van der Waals surface area contributed by atoms with Gasteiger partial charge >= 0.3 is 5.97 Å². The third-order valence-corrected chi connectivity index (χ3v) is 0.779. The maximum absolute atomic E-state index is 9.92. The average molecular weight is 136 g/mol. The average Bonchev–Trinajstić information content (AvgIpc) is 1.87. The van der Waals surface area contributed by atoms with Crippen molar-refractivity contribution < 1.29 is 9.90 Å². The van der Waals surface area contributed by atoms with E-state index in [0.717, 1.165) is 0 Å². The Morgan fingerprint density at radius 1 is 1.50 bits per heavy atom. The summed E-state index contributed by atoms with van der Waals surface area (Å²) in [6.45, 7) is 0. The van der Waals surface area contributed by atoms with Gasteiger partial charge in [-0.2, -0.15) is 0 Å². The molecule has 0 aromatic rings. The van der Waals surface area contributed by atoms with Gasteiger partial charge in [-0.15, -0.1) is 12.3 Å². The number of carboxylic acid groups (broad SMARTS) is 1. The highest BCUT2D eigenvalue weighted by molar-refractivity contribution is 5.66. The lowest BCUT2D eigenvalue weighted by Crippen LogP contribution is -1.91. The van der Waals surface area contributed by atoms with E-state index in [0.29, 0.717) is 12.8 Å². The van der Waals surface area contributed by atoms with Crippen molar-refractivity contribution in [2.75, 3.05) is 0 Å². The Morgan fingerprint density at radius 3 is 2.70 bits per heavy atom. The van der Waals surface area contributed by atoms with Crippen molar-refractivity contribution in [3.8, 4) is 24.2 Å². The fourth-order valence-electron chi connectivity index (χ4n) is 0.371. The summed E-state index contributed by atoms with van der Waals surface area (Å²) in [6, 6.07) is 0. The number of hydrogen-bond acceptors (Lipinski definition) is 1. The van der Waals surface area contributed by atoms with Gasteiger partial charge < -0.3 is 5.11 Å². The molecule has 2 heteroatoms. The molecule has 52 valence electrons. The lowest BCUT2D eigenvalue weighted by molar-refractivity contribution is -0.136. The third kappa shape index (κ3) is 6.59. The maximum Gasteiger partial charge on any atom is 0.304 e. The van der Waals surface area contributed by atoms with Crippen LogP contribution in [-0.2, 0) is 4.79 Å². The first-order chi connectivity index (χ1) is 4.77. The minimum absolute atomic E-state index is 0.0948.